The topological polar surface area (TPSA) is 62.8 Å². The molecule has 6 heteroatoms. The number of carbonyl (C=O) groups is 1. The summed E-state index contributed by atoms with van der Waals surface area (Å²) in [5.74, 6) is 1.55. The van der Waals surface area contributed by atoms with Gasteiger partial charge in [0.25, 0.3) is 0 Å². The van der Waals surface area contributed by atoms with Gasteiger partial charge in [-0.1, -0.05) is 18.2 Å². The monoisotopic (exact) mass is 369 g/mol. The first-order valence-electron chi connectivity index (χ1n) is 9.26. The number of nitrogens with zero attached hydrogens (tertiary/aromatic N) is 1. The summed E-state index contributed by atoms with van der Waals surface area (Å²) >= 11 is 0. The Morgan fingerprint density at radius 1 is 1.04 bits per heavy atom. The molecule has 1 aliphatic rings. The van der Waals surface area contributed by atoms with Gasteiger partial charge in [-0.15, -0.1) is 0 Å². The van der Waals surface area contributed by atoms with E-state index >= 15 is 0 Å². The molecule has 0 aromatic heterocycles. The Balaban J connectivity index is 1.63. The van der Waals surface area contributed by atoms with Crippen LogP contribution in [0.15, 0.2) is 48.5 Å². The highest BCUT2D eigenvalue weighted by Crippen LogP contribution is 2.26. The highest BCUT2D eigenvalue weighted by molar-refractivity contribution is 5.89. The maximum Gasteiger partial charge on any atom is 0.319 e. The molecule has 1 fully saturated rings. The molecule has 2 aromatic rings. The van der Waals surface area contributed by atoms with Gasteiger partial charge >= 0.3 is 6.03 Å². The van der Waals surface area contributed by atoms with Gasteiger partial charge in [-0.05, 0) is 55.8 Å². The number of anilines is 1. The van der Waals surface area contributed by atoms with Crippen LogP contribution >= 0.6 is 0 Å². The molecule has 0 saturated carbocycles. The Morgan fingerprint density at radius 3 is 2.41 bits per heavy atom. The molecule has 1 heterocycles. The molecule has 3 rings (SSSR count). The van der Waals surface area contributed by atoms with E-state index in [2.05, 4.69) is 27.7 Å². The van der Waals surface area contributed by atoms with Crippen LogP contribution in [-0.2, 0) is 0 Å². The number of benzene rings is 2. The van der Waals surface area contributed by atoms with Gasteiger partial charge in [-0.25, -0.2) is 4.79 Å². The third-order valence-corrected chi connectivity index (χ3v) is 4.87. The van der Waals surface area contributed by atoms with Crippen LogP contribution in [0.5, 0.6) is 11.5 Å². The number of rotatable bonds is 7. The van der Waals surface area contributed by atoms with Crippen molar-refractivity contribution in [2.24, 2.45) is 0 Å². The molecule has 1 saturated heterocycles. The largest absolute Gasteiger partial charge is 0.497 e. The second kappa shape index (κ2) is 9.28. The number of nitrogens with one attached hydrogen (secondary N) is 2. The first-order valence-corrected chi connectivity index (χ1v) is 9.26. The van der Waals surface area contributed by atoms with E-state index < -0.39 is 0 Å². The first-order chi connectivity index (χ1) is 13.2. The zero-order chi connectivity index (χ0) is 19.1. The van der Waals surface area contributed by atoms with Crippen LogP contribution in [0.2, 0.25) is 0 Å². The minimum absolute atomic E-state index is 0.148. The van der Waals surface area contributed by atoms with Crippen molar-refractivity contribution in [1.82, 2.24) is 10.2 Å². The van der Waals surface area contributed by atoms with Gasteiger partial charge < -0.3 is 20.1 Å². The quantitative estimate of drug-likeness (QED) is 0.782. The number of likely N-dealkylation sites (tertiary alicyclic amines) is 1. The van der Waals surface area contributed by atoms with E-state index in [0.29, 0.717) is 18.0 Å². The summed E-state index contributed by atoms with van der Waals surface area (Å²) in [4.78, 5) is 14.8. The number of urea groups is 1. The maximum absolute atomic E-state index is 12.4. The molecule has 2 N–H and O–H groups in total. The van der Waals surface area contributed by atoms with Gasteiger partial charge in [0.05, 0.1) is 20.3 Å². The lowest BCUT2D eigenvalue weighted by atomic mass is 10.1. The zero-order valence-electron chi connectivity index (χ0n) is 15.9. The van der Waals surface area contributed by atoms with Crippen molar-refractivity contribution in [2.75, 3.05) is 39.2 Å². The molecule has 1 atom stereocenters. The number of carbonyl (C=O) groups excluding carboxylic acids is 1. The van der Waals surface area contributed by atoms with Crippen LogP contribution in [0.1, 0.15) is 24.4 Å². The lowest BCUT2D eigenvalue weighted by Crippen LogP contribution is -2.38. The van der Waals surface area contributed by atoms with E-state index in [1.807, 2.05) is 30.3 Å². The zero-order valence-corrected chi connectivity index (χ0v) is 15.9. The molecule has 0 unspecified atom stereocenters. The number of methoxy groups -OCH3 is 2. The van der Waals surface area contributed by atoms with Crippen molar-refractivity contribution >= 4 is 11.7 Å². The first kappa shape index (κ1) is 19.0. The van der Waals surface area contributed by atoms with Crippen LogP contribution in [0, 0.1) is 0 Å². The average Bonchev–Trinajstić information content (AvgIpc) is 3.23. The summed E-state index contributed by atoms with van der Waals surface area (Å²) in [6, 6.07) is 15.3. The Morgan fingerprint density at radius 2 is 1.74 bits per heavy atom. The molecular weight excluding hydrogens is 342 g/mol. The van der Waals surface area contributed by atoms with Gasteiger partial charge in [0.15, 0.2) is 0 Å². The Bertz CT molecular complexity index is 743. The summed E-state index contributed by atoms with van der Waals surface area (Å²) in [6.07, 6.45) is 2.39. The van der Waals surface area contributed by atoms with Gasteiger partial charge in [-0.3, -0.25) is 4.90 Å². The molecule has 0 aliphatic carbocycles. The molecule has 6 nitrogen and oxygen atoms in total. The summed E-state index contributed by atoms with van der Waals surface area (Å²) in [5, 5.41) is 5.87. The van der Waals surface area contributed by atoms with Crippen molar-refractivity contribution in [3.8, 4) is 11.5 Å². The molecular formula is C21H27N3O3. The van der Waals surface area contributed by atoms with Crippen LogP contribution in [-0.4, -0.2) is 44.8 Å². The third-order valence-electron chi connectivity index (χ3n) is 4.87. The fraction of sp³-hybridized carbons (Fsp3) is 0.381. The van der Waals surface area contributed by atoms with Gasteiger partial charge in [0.2, 0.25) is 0 Å². The lowest BCUT2D eigenvalue weighted by molar-refractivity contribution is 0.227. The summed E-state index contributed by atoms with van der Waals surface area (Å²) in [5.41, 5.74) is 1.88. The van der Waals surface area contributed by atoms with E-state index in [1.54, 1.807) is 20.3 Å². The van der Waals surface area contributed by atoms with Crippen molar-refractivity contribution in [3.63, 3.8) is 0 Å². The minimum Gasteiger partial charge on any atom is -0.497 e. The fourth-order valence-corrected chi connectivity index (χ4v) is 3.40. The van der Waals surface area contributed by atoms with Gasteiger partial charge in [0.1, 0.15) is 11.5 Å². The molecule has 0 radical (unpaired) electrons. The van der Waals surface area contributed by atoms with Crippen LogP contribution in [0.4, 0.5) is 10.5 Å². The second-order valence-corrected chi connectivity index (χ2v) is 6.60. The van der Waals surface area contributed by atoms with Crippen molar-refractivity contribution in [2.45, 2.75) is 18.9 Å². The molecule has 2 amide bonds. The summed E-state index contributed by atoms with van der Waals surface area (Å²) in [6.45, 7) is 2.65. The van der Waals surface area contributed by atoms with Crippen molar-refractivity contribution in [1.29, 1.82) is 0 Å². The average molecular weight is 369 g/mol. The molecule has 0 bridgehead atoms. The van der Waals surface area contributed by atoms with Crippen molar-refractivity contribution < 1.29 is 14.3 Å². The minimum atomic E-state index is -0.221. The molecule has 2 aromatic carbocycles. The van der Waals surface area contributed by atoms with E-state index in [-0.39, 0.29) is 12.1 Å². The fourth-order valence-electron chi connectivity index (χ4n) is 3.40. The summed E-state index contributed by atoms with van der Waals surface area (Å²) in [7, 11) is 3.27. The van der Waals surface area contributed by atoms with E-state index in [4.69, 9.17) is 9.47 Å². The second-order valence-electron chi connectivity index (χ2n) is 6.60. The van der Waals surface area contributed by atoms with E-state index in [1.165, 1.54) is 18.4 Å². The summed E-state index contributed by atoms with van der Waals surface area (Å²) < 4.78 is 10.4. The predicted octanol–water partition coefficient (Wildman–Crippen LogP) is 3.66. The maximum atomic E-state index is 12.4. The van der Waals surface area contributed by atoms with Crippen LogP contribution in [0.25, 0.3) is 0 Å². The number of ether oxygens (including phenoxy) is 2. The number of amides is 2. The lowest BCUT2D eigenvalue weighted by Gasteiger charge is -2.28. The standard InChI is InChI=1S/C21H27N3O3/c1-26-18-10-8-16(9-11-18)20(24-12-3-4-13-24)15-22-21(25)23-17-6-5-7-19(14-17)27-2/h5-11,14,20H,3-4,12-13,15H2,1-2H3,(H2,22,23,25)/t20-/m1/s1. The van der Waals surface area contributed by atoms with Crippen molar-refractivity contribution in [3.05, 3.63) is 54.1 Å². The highest BCUT2D eigenvalue weighted by Gasteiger charge is 2.24. The molecule has 27 heavy (non-hydrogen) atoms. The van der Waals surface area contributed by atoms with E-state index in [0.717, 1.165) is 18.8 Å². The Labute approximate surface area is 160 Å². The Kier molecular flexibility index (Phi) is 6.54. The highest BCUT2D eigenvalue weighted by atomic mass is 16.5. The molecule has 1 aliphatic heterocycles. The number of hydrogen-bond acceptors (Lipinski definition) is 4. The van der Waals surface area contributed by atoms with Crippen LogP contribution < -0.4 is 20.1 Å². The third kappa shape index (κ3) is 5.14. The van der Waals surface area contributed by atoms with E-state index in [9.17, 15) is 4.79 Å². The number of hydrogen-bond donors (Lipinski definition) is 2. The molecule has 0 spiro atoms. The smallest absolute Gasteiger partial charge is 0.319 e. The Hall–Kier alpha value is -2.73. The SMILES string of the molecule is COc1ccc([C@@H](CNC(=O)Nc2cccc(OC)c2)N2CCCC2)cc1. The molecule has 144 valence electrons. The predicted molar refractivity (Wildman–Crippen MR) is 107 cm³/mol. The van der Waals surface area contributed by atoms with Gasteiger partial charge in [0, 0.05) is 18.3 Å². The van der Waals surface area contributed by atoms with Crippen LogP contribution in [0.3, 0.4) is 0 Å². The normalized spacial score (nSPS) is 15.2. The van der Waals surface area contributed by atoms with Gasteiger partial charge in [-0.2, -0.15) is 0 Å².